The minimum atomic E-state index is -2.41. The van der Waals surface area contributed by atoms with E-state index in [2.05, 4.69) is 20.5 Å². The maximum absolute atomic E-state index is 12.5. The number of diazo groups is 1. The maximum Gasteiger partial charge on any atom is 0.340 e. The first-order valence-electron chi connectivity index (χ1n) is 8.21. The highest BCUT2D eigenvalue weighted by Crippen LogP contribution is 2.30. The Morgan fingerprint density at radius 1 is 1.31 bits per heavy atom. The van der Waals surface area contributed by atoms with Crippen LogP contribution >= 0.6 is 0 Å². The number of carbonyl (C=O) groups is 1. The fraction of sp³-hybridized carbons (Fsp3) is 0.235. The van der Waals surface area contributed by atoms with Crippen LogP contribution in [0.2, 0.25) is 0 Å². The van der Waals surface area contributed by atoms with Crippen LogP contribution in [0.4, 0.5) is 0 Å². The van der Waals surface area contributed by atoms with E-state index in [1.807, 2.05) is 19.0 Å². The van der Waals surface area contributed by atoms with Gasteiger partial charge >= 0.3 is 11.1 Å². The smallest absolute Gasteiger partial charge is 0.340 e. The minimum absolute atomic E-state index is 0.0271. The first-order valence-corrected chi connectivity index (χ1v) is 9.32. The Labute approximate surface area is 168 Å². The van der Waals surface area contributed by atoms with Crippen molar-refractivity contribution in [2.24, 2.45) is 15.4 Å². The van der Waals surface area contributed by atoms with Gasteiger partial charge in [-0.3, -0.25) is 0 Å². The molecule has 2 aliphatic rings. The van der Waals surface area contributed by atoms with Gasteiger partial charge in [-0.15, -0.1) is 5.10 Å². The van der Waals surface area contributed by atoms with Gasteiger partial charge in [0.25, 0.3) is 5.39 Å². The van der Waals surface area contributed by atoms with Crippen LogP contribution in [0.3, 0.4) is 0 Å². The highest BCUT2D eigenvalue weighted by atomic mass is 32.2. The normalized spacial score (nSPS) is 18.3. The van der Waals surface area contributed by atoms with Gasteiger partial charge in [-0.05, 0) is 44.0 Å². The van der Waals surface area contributed by atoms with Crippen LogP contribution in [-0.2, 0) is 20.6 Å². The van der Waals surface area contributed by atoms with E-state index in [1.54, 1.807) is 12.2 Å². The summed E-state index contributed by atoms with van der Waals surface area (Å²) in [6.07, 6.45) is 8.75. The molecular formula is C17H18N7O4S+. The van der Waals surface area contributed by atoms with Gasteiger partial charge in [-0.2, -0.15) is 5.53 Å². The molecular weight excluding hydrogens is 398 g/mol. The molecule has 0 bridgehead atoms. The van der Waals surface area contributed by atoms with Crippen LogP contribution in [0.25, 0.3) is 5.08 Å². The Hall–Kier alpha value is -3.40. The number of esters is 1. The molecule has 1 atom stereocenters. The number of allylic oxidation sites excluding steroid dienone is 8. The summed E-state index contributed by atoms with van der Waals surface area (Å²) >= 11 is -2.41. The second kappa shape index (κ2) is 10.2. The van der Waals surface area contributed by atoms with Gasteiger partial charge in [-0.25, -0.2) is 9.00 Å². The summed E-state index contributed by atoms with van der Waals surface area (Å²) < 4.78 is 26.7. The van der Waals surface area contributed by atoms with Crippen molar-refractivity contribution in [1.82, 2.24) is 4.90 Å². The Kier molecular flexibility index (Phi) is 7.72. The lowest BCUT2D eigenvalue weighted by molar-refractivity contribution is -0.138. The Morgan fingerprint density at radius 2 is 2.00 bits per heavy atom. The van der Waals surface area contributed by atoms with Crippen molar-refractivity contribution in [3.05, 3.63) is 63.2 Å². The molecule has 0 fully saturated rings. The fourth-order valence-electron chi connectivity index (χ4n) is 2.46. The third-order valence-corrected chi connectivity index (χ3v) is 4.50. The molecule has 0 saturated heterocycles. The number of likely N-dealkylation sites (N-methyl/N-ethyl adjacent to an activating group) is 1. The zero-order valence-corrected chi connectivity index (χ0v) is 16.5. The van der Waals surface area contributed by atoms with E-state index in [0.29, 0.717) is 17.8 Å². The Balaban J connectivity index is 2.52. The van der Waals surface area contributed by atoms with Crippen LogP contribution in [0, 0.1) is 10.9 Å². The average Bonchev–Trinajstić information content (AvgIpc) is 2.68. The molecule has 2 aliphatic carbocycles. The molecule has 0 heterocycles. The summed E-state index contributed by atoms with van der Waals surface area (Å²) in [6, 6.07) is 0. The molecule has 0 aliphatic heterocycles. The van der Waals surface area contributed by atoms with Crippen molar-refractivity contribution < 1.29 is 18.3 Å². The molecule has 150 valence electrons. The third-order valence-electron chi connectivity index (χ3n) is 3.79. The molecule has 0 aromatic carbocycles. The first-order chi connectivity index (χ1) is 13.9. The lowest BCUT2D eigenvalue weighted by Crippen LogP contribution is -2.26. The summed E-state index contributed by atoms with van der Waals surface area (Å²) in [5, 5.41) is 21.9. The predicted molar refractivity (Wildman–Crippen MR) is 107 cm³/mol. The number of nitrogens with one attached hydrogen (secondary N) is 1. The number of nitrogens with zero attached hydrogens (tertiary/aromatic N) is 6. The van der Waals surface area contributed by atoms with Crippen molar-refractivity contribution in [2.75, 3.05) is 27.2 Å². The molecule has 0 amide bonds. The Morgan fingerprint density at radius 3 is 2.55 bits per heavy atom. The molecule has 2 rings (SSSR count). The average molecular weight is 416 g/mol. The SMILES string of the molecule is CN(C)CCOC(=O)C1=CC=C(S(=O)O)C(=C2C=CC(=NN=N)C=C2)C1=N[N+]#N. The monoisotopic (exact) mass is 416 g/mol. The highest BCUT2D eigenvalue weighted by Gasteiger charge is 2.33. The third kappa shape index (κ3) is 5.55. The number of carbonyl (C=O) groups excluding carboxylic acids is 1. The molecule has 0 saturated carbocycles. The molecule has 2 N–H and O–H groups in total. The molecule has 12 heteroatoms. The lowest BCUT2D eigenvalue weighted by Gasteiger charge is -2.18. The topological polar surface area (TPSA) is 156 Å². The second-order valence-corrected chi connectivity index (χ2v) is 6.90. The molecule has 0 aromatic heterocycles. The van der Waals surface area contributed by atoms with E-state index in [9.17, 15) is 13.6 Å². The van der Waals surface area contributed by atoms with Gasteiger partial charge < -0.3 is 14.2 Å². The molecule has 0 aromatic rings. The van der Waals surface area contributed by atoms with Crippen LogP contribution in [0.5, 0.6) is 0 Å². The van der Waals surface area contributed by atoms with E-state index in [1.165, 1.54) is 24.3 Å². The standard InChI is InChI=1S/C17H17N7O4S/c1-24(2)9-10-28-17(25)13-7-8-14(29(26)27)15(16(13)21-23-19)11-3-5-12(6-4-11)20-22-18/h3-8,18H,9-10H2,1-2H3/p+1. The zero-order valence-electron chi connectivity index (χ0n) is 15.6. The van der Waals surface area contributed by atoms with Gasteiger partial charge in [0.1, 0.15) is 6.61 Å². The molecule has 1 unspecified atom stereocenters. The first kappa shape index (κ1) is 21.9. The van der Waals surface area contributed by atoms with Gasteiger partial charge in [0.2, 0.25) is 0 Å². The van der Waals surface area contributed by atoms with Crippen molar-refractivity contribution in [3.63, 3.8) is 0 Å². The molecule has 0 radical (unpaired) electrons. The summed E-state index contributed by atoms with van der Waals surface area (Å²) in [6.45, 7) is 0.623. The van der Waals surface area contributed by atoms with Gasteiger partial charge in [0.15, 0.2) is 21.9 Å². The summed E-state index contributed by atoms with van der Waals surface area (Å²) in [5.74, 6) is -0.717. The van der Waals surface area contributed by atoms with Gasteiger partial charge in [0, 0.05) is 12.1 Å². The van der Waals surface area contributed by atoms with Crippen LogP contribution in [0.1, 0.15) is 0 Å². The predicted octanol–water partition coefficient (Wildman–Crippen LogP) is 2.16. The van der Waals surface area contributed by atoms with Crippen LogP contribution < -0.4 is 0 Å². The molecule has 0 spiro atoms. The summed E-state index contributed by atoms with van der Waals surface area (Å²) in [4.78, 5) is 14.3. The van der Waals surface area contributed by atoms with Crippen LogP contribution in [0.15, 0.2) is 73.5 Å². The van der Waals surface area contributed by atoms with E-state index in [-0.39, 0.29) is 28.4 Å². The van der Waals surface area contributed by atoms with Crippen molar-refractivity contribution in [2.45, 2.75) is 0 Å². The number of hydrogen-bond acceptors (Lipinski definition) is 8. The zero-order chi connectivity index (χ0) is 21.4. The lowest BCUT2D eigenvalue weighted by atomic mass is 9.91. The summed E-state index contributed by atoms with van der Waals surface area (Å²) in [5.41, 5.74) is 7.56. The minimum Gasteiger partial charge on any atom is -0.461 e. The van der Waals surface area contributed by atoms with E-state index in [0.717, 1.165) is 0 Å². The number of hydrogen-bond donors (Lipinski definition) is 2. The van der Waals surface area contributed by atoms with Gasteiger partial charge in [0.05, 0.1) is 16.2 Å². The quantitative estimate of drug-likeness (QED) is 0.222. The van der Waals surface area contributed by atoms with Gasteiger partial charge in [-0.1, -0.05) is 17.4 Å². The molecule has 11 nitrogen and oxygen atoms in total. The second-order valence-electron chi connectivity index (χ2n) is 5.96. The fourth-order valence-corrected chi connectivity index (χ4v) is 3.04. The maximum atomic E-state index is 12.5. The van der Waals surface area contributed by atoms with E-state index < -0.39 is 17.0 Å². The highest BCUT2D eigenvalue weighted by molar-refractivity contribution is 7.83. The van der Waals surface area contributed by atoms with Crippen molar-refractivity contribution in [1.29, 1.82) is 10.9 Å². The summed E-state index contributed by atoms with van der Waals surface area (Å²) in [7, 11) is 3.65. The van der Waals surface area contributed by atoms with E-state index >= 15 is 0 Å². The van der Waals surface area contributed by atoms with Crippen molar-refractivity contribution in [3.8, 4) is 0 Å². The Bertz CT molecular complexity index is 976. The largest absolute Gasteiger partial charge is 0.461 e. The molecule has 29 heavy (non-hydrogen) atoms. The number of rotatable bonds is 6. The number of ether oxygens (including phenoxy) is 1. The van der Waals surface area contributed by atoms with E-state index in [4.69, 9.17) is 15.7 Å². The van der Waals surface area contributed by atoms with Crippen LogP contribution in [-0.4, -0.2) is 58.3 Å². The van der Waals surface area contributed by atoms with Crippen molar-refractivity contribution >= 4 is 28.5 Å².